The first-order valence-electron chi connectivity index (χ1n) is 7.02. The lowest BCUT2D eigenvalue weighted by Gasteiger charge is -2.32. The molecule has 0 saturated carbocycles. The van der Waals surface area contributed by atoms with Gasteiger partial charge in [0.05, 0.1) is 12.3 Å². The minimum Gasteiger partial charge on any atom is -0.390 e. The van der Waals surface area contributed by atoms with Crippen LogP contribution < -0.4 is 4.90 Å². The monoisotopic (exact) mass is 256 g/mol. The van der Waals surface area contributed by atoms with Gasteiger partial charge in [-0.3, -0.25) is 0 Å². The molecule has 1 unspecified atom stereocenters. The second kappa shape index (κ2) is 5.17. The Morgan fingerprint density at radius 2 is 2.21 bits per heavy atom. The van der Waals surface area contributed by atoms with Gasteiger partial charge >= 0.3 is 0 Å². The highest BCUT2D eigenvalue weighted by molar-refractivity contribution is 5.92. The number of fused-ring (bicyclic) bond motifs is 1. The van der Waals surface area contributed by atoms with Crippen molar-refractivity contribution in [3.63, 3.8) is 0 Å². The molecule has 2 heterocycles. The van der Waals surface area contributed by atoms with Gasteiger partial charge in [0, 0.05) is 18.5 Å². The summed E-state index contributed by atoms with van der Waals surface area (Å²) in [6.07, 6.45) is 2.52. The fourth-order valence-corrected chi connectivity index (χ4v) is 2.94. The number of hydrogen-bond acceptors (Lipinski definition) is 3. The number of rotatable bonds is 2. The predicted octanol–water partition coefficient (Wildman–Crippen LogP) is 2.96. The van der Waals surface area contributed by atoms with Crippen LogP contribution in [0.15, 0.2) is 30.3 Å². The van der Waals surface area contributed by atoms with E-state index in [1.807, 2.05) is 12.1 Å². The van der Waals surface area contributed by atoms with Crippen LogP contribution in [0.1, 0.15) is 25.5 Å². The average molecular weight is 256 g/mol. The number of aliphatic hydroxyl groups excluding tert-OH is 1. The highest BCUT2D eigenvalue weighted by Crippen LogP contribution is 2.29. The predicted molar refractivity (Wildman–Crippen MR) is 78.3 cm³/mol. The van der Waals surface area contributed by atoms with E-state index in [2.05, 4.69) is 35.0 Å². The zero-order chi connectivity index (χ0) is 13.2. The topological polar surface area (TPSA) is 36.4 Å². The molecule has 1 aromatic heterocycles. The highest BCUT2D eigenvalue weighted by atomic mass is 16.3. The van der Waals surface area contributed by atoms with Crippen LogP contribution in [0.5, 0.6) is 0 Å². The van der Waals surface area contributed by atoms with Crippen molar-refractivity contribution in [2.24, 2.45) is 5.92 Å². The molecule has 1 aliphatic heterocycles. The fourth-order valence-electron chi connectivity index (χ4n) is 2.94. The number of piperidine rings is 1. The molecule has 1 aliphatic rings. The van der Waals surface area contributed by atoms with Gasteiger partial charge in [0.15, 0.2) is 0 Å². The van der Waals surface area contributed by atoms with Crippen molar-refractivity contribution < 1.29 is 5.11 Å². The molecular weight excluding hydrogens is 236 g/mol. The molecule has 0 radical (unpaired) electrons. The fraction of sp³-hybridized carbons (Fsp3) is 0.438. The molecule has 1 saturated heterocycles. The molecule has 0 bridgehead atoms. The molecule has 2 aromatic rings. The SMILES string of the molecule is CC1CCCN(c2nc(CO)cc3ccccc23)C1. The Bertz CT molecular complexity index is 582. The van der Waals surface area contributed by atoms with Crippen molar-refractivity contribution >= 4 is 16.6 Å². The van der Waals surface area contributed by atoms with Gasteiger partial charge in [0.2, 0.25) is 0 Å². The molecule has 0 spiro atoms. The first-order chi connectivity index (χ1) is 9.28. The largest absolute Gasteiger partial charge is 0.390 e. The van der Waals surface area contributed by atoms with E-state index in [4.69, 9.17) is 0 Å². The molecular formula is C16H20N2O. The minimum absolute atomic E-state index is 0.00122. The molecule has 1 N–H and O–H groups in total. The summed E-state index contributed by atoms with van der Waals surface area (Å²) in [5, 5.41) is 11.7. The smallest absolute Gasteiger partial charge is 0.136 e. The third-order valence-corrected chi connectivity index (χ3v) is 3.89. The van der Waals surface area contributed by atoms with Gasteiger partial charge in [0.1, 0.15) is 5.82 Å². The van der Waals surface area contributed by atoms with E-state index in [9.17, 15) is 5.11 Å². The Kier molecular flexibility index (Phi) is 3.38. The maximum atomic E-state index is 9.39. The summed E-state index contributed by atoms with van der Waals surface area (Å²) in [5.41, 5.74) is 0.756. The van der Waals surface area contributed by atoms with E-state index in [-0.39, 0.29) is 6.61 Å². The molecule has 3 heteroatoms. The number of nitrogens with zero attached hydrogens (tertiary/aromatic N) is 2. The van der Waals surface area contributed by atoms with Crippen molar-refractivity contribution in [3.05, 3.63) is 36.0 Å². The quantitative estimate of drug-likeness (QED) is 0.897. The molecule has 1 atom stereocenters. The molecule has 0 amide bonds. The Labute approximate surface area is 113 Å². The van der Waals surface area contributed by atoms with Gasteiger partial charge in [-0.2, -0.15) is 0 Å². The first kappa shape index (κ1) is 12.4. The van der Waals surface area contributed by atoms with Gasteiger partial charge in [-0.25, -0.2) is 4.98 Å². The maximum Gasteiger partial charge on any atom is 0.136 e. The number of benzene rings is 1. The second-order valence-corrected chi connectivity index (χ2v) is 5.51. The van der Waals surface area contributed by atoms with Crippen LogP contribution in [0.25, 0.3) is 10.8 Å². The Morgan fingerprint density at radius 1 is 1.37 bits per heavy atom. The van der Waals surface area contributed by atoms with Gasteiger partial charge in [-0.05, 0) is 30.2 Å². The minimum atomic E-state index is 0.00122. The Hall–Kier alpha value is -1.61. The number of hydrogen-bond donors (Lipinski definition) is 1. The highest BCUT2D eigenvalue weighted by Gasteiger charge is 2.19. The van der Waals surface area contributed by atoms with Crippen LogP contribution in [0, 0.1) is 5.92 Å². The second-order valence-electron chi connectivity index (χ2n) is 5.51. The summed E-state index contributed by atoms with van der Waals surface area (Å²) in [6, 6.07) is 10.3. The summed E-state index contributed by atoms with van der Waals surface area (Å²) >= 11 is 0. The molecule has 3 nitrogen and oxygen atoms in total. The Morgan fingerprint density at radius 3 is 3.00 bits per heavy atom. The number of aromatic nitrogens is 1. The van der Waals surface area contributed by atoms with Gasteiger partial charge in [0.25, 0.3) is 0 Å². The number of aliphatic hydroxyl groups is 1. The molecule has 3 rings (SSSR count). The van der Waals surface area contributed by atoms with E-state index in [0.29, 0.717) is 5.92 Å². The molecule has 19 heavy (non-hydrogen) atoms. The van der Waals surface area contributed by atoms with Crippen LogP contribution in [0.4, 0.5) is 5.82 Å². The van der Waals surface area contributed by atoms with Gasteiger partial charge < -0.3 is 10.0 Å². The van der Waals surface area contributed by atoms with Crippen LogP contribution in [0.3, 0.4) is 0 Å². The lowest BCUT2D eigenvalue weighted by atomic mass is 9.99. The number of pyridine rings is 1. The van der Waals surface area contributed by atoms with E-state index >= 15 is 0 Å². The van der Waals surface area contributed by atoms with Crippen molar-refractivity contribution in [3.8, 4) is 0 Å². The molecule has 1 fully saturated rings. The molecule has 0 aliphatic carbocycles. The lowest BCUT2D eigenvalue weighted by molar-refractivity contribution is 0.277. The lowest BCUT2D eigenvalue weighted by Crippen LogP contribution is -2.35. The van der Waals surface area contributed by atoms with Crippen LogP contribution >= 0.6 is 0 Å². The molecule has 100 valence electrons. The van der Waals surface area contributed by atoms with E-state index < -0.39 is 0 Å². The summed E-state index contributed by atoms with van der Waals surface area (Å²) in [7, 11) is 0. The zero-order valence-corrected chi connectivity index (χ0v) is 11.3. The van der Waals surface area contributed by atoms with Gasteiger partial charge in [-0.15, -0.1) is 0 Å². The van der Waals surface area contributed by atoms with Crippen LogP contribution in [-0.2, 0) is 6.61 Å². The summed E-state index contributed by atoms with van der Waals surface area (Å²) in [5.74, 6) is 1.75. The van der Waals surface area contributed by atoms with Crippen molar-refractivity contribution in [1.29, 1.82) is 0 Å². The summed E-state index contributed by atoms with van der Waals surface area (Å²) in [4.78, 5) is 7.02. The Balaban J connectivity index is 2.10. The standard InChI is InChI=1S/C16H20N2O/c1-12-5-4-8-18(10-12)16-15-7-3-2-6-13(15)9-14(11-19)17-16/h2-3,6-7,9,12,19H,4-5,8,10-11H2,1H3. The average Bonchev–Trinajstić information content (AvgIpc) is 2.46. The van der Waals surface area contributed by atoms with Crippen LogP contribution in [-0.4, -0.2) is 23.2 Å². The van der Waals surface area contributed by atoms with Crippen molar-refractivity contribution in [1.82, 2.24) is 4.98 Å². The zero-order valence-electron chi connectivity index (χ0n) is 11.3. The van der Waals surface area contributed by atoms with E-state index in [0.717, 1.165) is 30.0 Å². The number of anilines is 1. The maximum absolute atomic E-state index is 9.39. The first-order valence-corrected chi connectivity index (χ1v) is 7.02. The van der Waals surface area contributed by atoms with Crippen LogP contribution in [0.2, 0.25) is 0 Å². The van der Waals surface area contributed by atoms with Crippen molar-refractivity contribution in [2.45, 2.75) is 26.4 Å². The normalized spacial score (nSPS) is 19.9. The summed E-state index contributed by atoms with van der Waals surface area (Å²) in [6.45, 7) is 4.42. The van der Waals surface area contributed by atoms with E-state index in [1.54, 1.807) is 0 Å². The van der Waals surface area contributed by atoms with Crippen molar-refractivity contribution in [2.75, 3.05) is 18.0 Å². The third kappa shape index (κ3) is 2.43. The third-order valence-electron chi connectivity index (χ3n) is 3.89. The van der Waals surface area contributed by atoms with E-state index in [1.165, 1.54) is 18.2 Å². The molecule has 1 aromatic carbocycles. The summed E-state index contributed by atoms with van der Waals surface area (Å²) < 4.78 is 0. The van der Waals surface area contributed by atoms with Gasteiger partial charge in [-0.1, -0.05) is 31.2 Å².